The van der Waals surface area contributed by atoms with E-state index in [1.54, 1.807) is 0 Å². The predicted octanol–water partition coefficient (Wildman–Crippen LogP) is 1.92. The van der Waals surface area contributed by atoms with Crippen molar-refractivity contribution in [1.29, 1.82) is 0 Å². The molecule has 0 saturated carbocycles. The Balaban J connectivity index is 2.36. The summed E-state index contributed by atoms with van der Waals surface area (Å²) in [5.41, 5.74) is 5.13. The average Bonchev–Trinajstić information content (AvgIpc) is 2.34. The van der Waals surface area contributed by atoms with Gasteiger partial charge in [-0.3, -0.25) is 9.69 Å². The van der Waals surface area contributed by atoms with E-state index in [4.69, 9.17) is 5.73 Å². The van der Waals surface area contributed by atoms with E-state index in [1.165, 1.54) is 24.1 Å². The second-order valence-corrected chi connectivity index (χ2v) is 4.28. The van der Waals surface area contributed by atoms with Gasteiger partial charge in [-0.25, -0.2) is 4.99 Å². The first-order valence-electron chi connectivity index (χ1n) is 5.56. The van der Waals surface area contributed by atoms with Crippen LogP contribution in [-0.4, -0.2) is 23.8 Å². The van der Waals surface area contributed by atoms with Crippen molar-refractivity contribution in [2.24, 2.45) is 10.7 Å². The van der Waals surface area contributed by atoms with Crippen molar-refractivity contribution in [3.8, 4) is 0 Å². The summed E-state index contributed by atoms with van der Waals surface area (Å²) in [5, 5.41) is 0. The zero-order chi connectivity index (χ0) is 14.2. The monoisotopic (exact) mass is 271 g/mol. The van der Waals surface area contributed by atoms with Crippen LogP contribution < -0.4 is 5.73 Å². The van der Waals surface area contributed by atoms with Gasteiger partial charge in [0.25, 0.3) is 0 Å². The molecule has 1 heterocycles. The lowest BCUT2D eigenvalue weighted by Gasteiger charge is -2.26. The highest BCUT2D eigenvalue weighted by Crippen LogP contribution is 2.33. The van der Waals surface area contributed by atoms with Gasteiger partial charge in [-0.1, -0.05) is 12.1 Å². The summed E-state index contributed by atoms with van der Waals surface area (Å²) >= 11 is 0. The summed E-state index contributed by atoms with van der Waals surface area (Å²) in [6.07, 6.45) is -4.40. The Morgan fingerprint density at radius 1 is 1.42 bits per heavy atom. The lowest BCUT2D eigenvalue weighted by molar-refractivity contribution is -0.137. The normalized spacial score (nSPS) is 20.4. The van der Waals surface area contributed by atoms with Gasteiger partial charge in [0.15, 0.2) is 5.96 Å². The van der Waals surface area contributed by atoms with Crippen LogP contribution >= 0.6 is 0 Å². The second-order valence-electron chi connectivity index (χ2n) is 4.28. The van der Waals surface area contributed by atoms with E-state index in [2.05, 4.69) is 4.99 Å². The number of hydrogen-bond acceptors (Lipinski definition) is 3. The van der Waals surface area contributed by atoms with Crippen molar-refractivity contribution in [1.82, 2.24) is 4.90 Å². The molecular formula is C12H12F3N3O. The van der Waals surface area contributed by atoms with Crippen LogP contribution in [0.3, 0.4) is 0 Å². The molecule has 2 N–H and O–H groups in total. The molecule has 1 aliphatic heterocycles. The highest BCUT2D eigenvalue weighted by atomic mass is 19.4. The maximum absolute atomic E-state index is 12.6. The fourth-order valence-electron chi connectivity index (χ4n) is 1.84. The van der Waals surface area contributed by atoms with Gasteiger partial charge >= 0.3 is 6.18 Å². The number of amides is 1. The largest absolute Gasteiger partial charge is 0.416 e. The Morgan fingerprint density at radius 3 is 2.68 bits per heavy atom. The van der Waals surface area contributed by atoms with E-state index >= 15 is 0 Å². The Labute approximate surface area is 107 Å². The Morgan fingerprint density at radius 2 is 2.11 bits per heavy atom. The van der Waals surface area contributed by atoms with Crippen LogP contribution in [0.25, 0.3) is 0 Å². The van der Waals surface area contributed by atoms with Crippen LogP contribution in [0, 0.1) is 0 Å². The third kappa shape index (κ3) is 2.69. The number of benzene rings is 1. The number of carbonyl (C=O) groups excluding carboxylic acids is 1. The van der Waals surface area contributed by atoms with Gasteiger partial charge in [-0.2, -0.15) is 13.2 Å². The SMILES string of the molecule is CN1C(=O)CC(c2cccc(C(F)(F)F)c2)N=C1N. The Hall–Kier alpha value is -2.05. The molecule has 4 nitrogen and oxygen atoms in total. The van der Waals surface area contributed by atoms with E-state index in [0.29, 0.717) is 5.56 Å². The fourth-order valence-corrected chi connectivity index (χ4v) is 1.84. The van der Waals surface area contributed by atoms with Crippen molar-refractivity contribution in [2.45, 2.75) is 18.6 Å². The molecule has 19 heavy (non-hydrogen) atoms. The summed E-state index contributed by atoms with van der Waals surface area (Å²) in [7, 11) is 1.48. The minimum Gasteiger partial charge on any atom is -0.369 e. The second kappa shape index (κ2) is 4.56. The number of carbonyl (C=O) groups is 1. The smallest absolute Gasteiger partial charge is 0.369 e. The number of hydrogen-bond donors (Lipinski definition) is 1. The summed E-state index contributed by atoms with van der Waals surface area (Å²) < 4.78 is 37.8. The van der Waals surface area contributed by atoms with Crippen LogP contribution in [0.4, 0.5) is 13.2 Å². The quantitative estimate of drug-likeness (QED) is 0.848. The van der Waals surface area contributed by atoms with Gasteiger partial charge < -0.3 is 5.73 Å². The molecule has 0 fully saturated rings. The topological polar surface area (TPSA) is 58.7 Å². The van der Waals surface area contributed by atoms with Crippen molar-refractivity contribution >= 4 is 11.9 Å². The molecule has 0 aliphatic carbocycles. The molecule has 1 aromatic carbocycles. The minimum absolute atomic E-state index is 0.0124. The molecule has 0 aromatic heterocycles. The number of guanidine groups is 1. The summed E-state index contributed by atoms with van der Waals surface area (Å²) in [6, 6.07) is 4.13. The van der Waals surface area contributed by atoms with Gasteiger partial charge in [-0.05, 0) is 17.7 Å². The predicted molar refractivity (Wildman–Crippen MR) is 63.2 cm³/mol. The third-order valence-corrected chi connectivity index (χ3v) is 2.97. The van der Waals surface area contributed by atoms with Crippen LogP contribution in [-0.2, 0) is 11.0 Å². The van der Waals surface area contributed by atoms with Crippen LogP contribution in [0.2, 0.25) is 0 Å². The average molecular weight is 271 g/mol. The number of alkyl halides is 3. The first kappa shape index (κ1) is 13.4. The zero-order valence-corrected chi connectivity index (χ0v) is 10.1. The number of rotatable bonds is 1. The molecule has 7 heteroatoms. The van der Waals surface area contributed by atoms with Crippen LogP contribution in [0.15, 0.2) is 29.3 Å². The van der Waals surface area contributed by atoms with E-state index in [-0.39, 0.29) is 18.3 Å². The summed E-state index contributed by atoms with van der Waals surface area (Å²) in [6.45, 7) is 0. The number of nitrogens with zero attached hydrogens (tertiary/aromatic N) is 2. The van der Waals surface area contributed by atoms with Crippen molar-refractivity contribution < 1.29 is 18.0 Å². The Bertz CT molecular complexity index is 539. The van der Waals surface area contributed by atoms with Crippen LogP contribution in [0.5, 0.6) is 0 Å². The first-order chi connectivity index (χ1) is 8.79. The maximum atomic E-state index is 12.6. The van der Waals surface area contributed by atoms with E-state index < -0.39 is 17.8 Å². The third-order valence-electron chi connectivity index (χ3n) is 2.97. The molecule has 0 radical (unpaired) electrons. The first-order valence-corrected chi connectivity index (χ1v) is 5.56. The van der Waals surface area contributed by atoms with Gasteiger partial charge in [0.2, 0.25) is 5.91 Å². The molecule has 1 aromatic rings. The molecule has 0 spiro atoms. The molecule has 1 atom stereocenters. The van der Waals surface area contributed by atoms with Crippen molar-refractivity contribution in [2.75, 3.05) is 7.05 Å². The molecule has 102 valence electrons. The fraction of sp³-hybridized carbons (Fsp3) is 0.333. The summed E-state index contributed by atoms with van der Waals surface area (Å²) in [5.74, 6) is -0.256. The van der Waals surface area contributed by atoms with Gasteiger partial charge in [0, 0.05) is 7.05 Å². The van der Waals surface area contributed by atoms with Crippen molar-refractivity contribution in [3.05, 3.63) is 35.4 Å². The molecule has 1 amide bonds. The van der Waals surface area contributed by atoms with Crippen molar-refractivity contribution in [3.63, 3.8) is 0 Å². The van der Waals surface area contributed by atoms with Gasteiger partial charge in [0.05, 0.1) is 18.0 Å². The van der Waals surface area contributed by atoms with Gasteiger partial charge in [0.1, 0.15) is 0 Å². The standard InChI is InChI=1S/C12H12F3N3O/c1-18-10(19)6-9(17-11(18)16)7-3-2-4-8(5-7)12(13,14)15/h2-5,9H,6H2,1H3,(H2,16,17). The molecule has 1 aliphatic rings. The number of nitrogens with two attached hydrogens (primary N) is 1. The van der Waals surface area contributed by atoms with E-state index in [0.717, 1.165) is 12.1 Å². The lowest BCUT2D eigenvalue weighted by Crippen LogP contribution is -2.42. The number of halogens is 3. The van der Waals surface area contributed by atoms with E-state index in [1.807, 2.05) is 0 Å². The highest BCUT2D eigenvalue weighted by molar-refractivity contribution is 5.98. The zero-order valence-electron chi connectivity index (χ0n) is 10.1. The molecule has 1 unspecified atom stereocenters. The van der Waals surface area contributed by atoms with E-state index in [9.17, 15) is 18.0 Å². The summed E-state index contributed by atoms with van der Waals surface area (Å²) in [4.78, 5) is 16.8. The number of aliphatic imine (C=N–C) groups is 1. The van der Waals surface area contributed by atoms with Crippen LogP contribution in [0.1, 0.15) is 23.6 Å². The highest BCUT2D eigenvalue weighted by Gasteiger charge is 2.32. The Kier molecular flexibility index (Phi) is 3.21. The molecule has 0 bridgehead atoms. The molecular weight excluding hydrogens is 259 g/mol. The maximum Gasteiger partial charge on any atom is 0.416 e. The minimum atomic E-state index is -4.42. The molecule has 0 saturated heterocycles. The lowest BCUT2D eigenvalue weighted by atomic mass is 10.00. The van der Waals surface area contributed by atoms with Gasteiger partial charge in [-0.15, -0.1) is 0 Å². The molecule has 2 rings (SSSR count).